The zero-order valence-corrected chi connectivity index (χ0v) is 19.2. The van der Waals surface area contributed by atoms with E-state index in [-0.39, 0.29) is 11.7 Å². The van der Waals surface area contributed by atoms with Gasteiger partial charge in [0.05, 0.1) is 16.3 Å². The predicted molar refractivity (Wildman–Crippen MR) is 135 cm³/mol. The van der Waals surface area contributed by atoms with Crippen molar-refractivity contribution in [1.82, 2.24) is 4.98 Å². The molecule has 1 fully saturated rings. The number of para-hydroxylation sites is 1. The predicted octanol–water partition coefficient (Wildman–Crippen LogP) is 7.15. The Kier molecular flexibility index (Phi) is 5.90. The maximum absolute atomic E-state index is 13.5. The van der Waals surface area contributed by atoms with E-state index in [4.69, 9.17) is 4.99 Å². The fourth-order valence-electron chi connectivity index (χ4n) is 3.45. The Morgan fingerprint density at radius 3 is 2.30 bits per heavy atom. The van der Waals surface area contributed by atoms with Crippen LogP contribution in [0.2, 0.25) is 0 Å². The van der Waals surface area contributed by atoms with Crippen LogP contribution in [-0.2, 0) is 4.79 Å². The van der Waals surface area contributed by atoms with Gasteiger partial charge >= 0.3 is 0 Å². The van der Waals surface area contributed by atoms with Crippen LogP contribution in [0.5, 0.6) is 0 Å². The third-order valence-corrected chi connectivity index (χ3v) is 7.04. The van der Waals surface area contributed by atoms with Gasteiger partial charge in [-0.15, -0.1) is 11.3 Å². The maximum Gasteiger partial charge on any atom is 0.271 e. The normalized spacial score (nSPS) is 16.5. The molecule has 1 aliphatic heterocycles. The third-order valence-electron chi connectivity index (χ3n) is 5.17. The van der Waals surface area contributed by atoms with Crippen LogP contribution in [0.1, 0.15) is 12.5 Å². The number of benzene rings is 3. The summed E-state index contributed by atoms with van der Waals surface area (Å²) >= 11 is 2.74. The van der Waals surface area contributed by atoms with Crippen molar-refractivity contribution in [3.05, 3.63) is 107 Å². The van der Waals surface area contributed by atoms with E-state index in [2.05, 4.69) is 4.98 Å². The van der Waals surface area contributed by atoms with E-state index in [0.29, 0.717) is 15.2 Å². The van der Waals surface area contributed by atoms with Gasteiger partial charge in [0.2, 0.25) is 5.13 Å². The van der Waals surface area contributed by atoms with Gasteiger partial charge in [0.15, 0.2) is 5.17 Å². The standard InChI is InChI=1S/C26H18FN3OS2/c1-17(18-12-14-20(27)15-13-18)23-24(31)30(21-10-6-3-7-11-21)26(33-23)29-25-28-22(16-32-25)19-8-4-2-5-9-19/h2-16H,1H3/b23-17-,29-26+. The van der Waals surface area contributed by atoms with E-state index < -0.39 is 0 Å². The molecule has 162 valence electrons. The molecule has 3 aromatic carbocycles. The average molecular weight is 472 g/mol. The second-order valence-electron chi connectivity index (χ2n) is 7.31. The second kappa shape index (κ2) is 9.13. The van der Waals surface area contributed by atoms with Crippen LogP contribution < -0.4 is 4.90 Å². The summed E-state index contributed by atoms with van der Waals surface area (Å²) in [6.45, 7) is 1.87. The minimum atomic E-state index is -0.312. The summed E-state index contributed by atoms with van der Waals surface area (Å²) in [7, 11) is 0. The van der Waals surface area contributed by atoms with E-state index in [9.17, 15) is 9.18 Å². The number of hydrogen-bond acceptors (Lipinski definition) is 5. The topological polar surface area (TPSA) is 45.6 Å². The Morgan fingerprint density at radius 2 is 1.61 bits per heavy atom. The lowest BCUT2D eigenvalue weighted by molar-refractivity contribution is -0.113. The second-order valence-corrected chi connectivity index (χ2v) is 9.13. The van der Waals surface area contributed by atoms with Gasteiger partial charge in [-0.2, -0.15) is 4.99 Å². The van der Waals surface area contributed by atoms with E-state index in [0.717, 1.165) is 28.1 Å². The van der Waals surface area contributed by atoms with Crippen molar-refractivity contribution in [3.63, 3.8) is 0 Å². The number of aliphatic imine (C=N–C) groups is 1. The zero-order chi connectivity index (χ0) is 22.8. The molecule has 1 amide bonds. The minimum absolute atomic E-state index is 0.161. The third kappa shape index (κ3) is 4.37. The quantitative estimate of drug-likeness (QED) is 0.297. The molecule has 0 radical (unpaired) electrons. The first-order chi connectivity index (χ1) is 16.1. The van der Waals surface area contributed by atoms with Gasteiger partial charge in [0.1, 0.15) is 5.82 Å². The van der Waals surface area contributed by atoms with Crippen molar-refractivity contribution in [3.8, 4) is 11.3 Å². The highest BCUT2D eigenvalue weighted by Crippen LogP contribution is 2.40. The highest BCUT2D eigenvalue weighted by atomic mass is 32.2. The van der Waals surface area contributed by atoms with Crippen molar-refractivity contribution in [2.75, 3.05) is 4.90 Å². The number of amides is 1. The van der Waals surface area contributed by atoms with Gasteiger partial charge in [-0.05, 0) is 54.1 Å². The fraction of sp³-hybridized carbons (Fsp3) is 0.0385. The molecule has 2 heterocycles. The number of amidine groups is 1. The number of halogens is 1. The van der Waals surface area contributed by atoms with Crippen LogP contribution in [0.25, 0.3) is 16.8 Å². The molecule has 0 aliphatic carbocycles. The SMILES string of the molecule is C/C(=C1/S/C(=N/c2nc(-c3ccccc3)cs2)N(c2ccccc2)C1=O)c1ccc(F)cc1. The van der Waals surface area contributed by atoms with E-state index in [1.54, 1.807) is 17.0 Å². The molecule has 0 bridgehead atoms. The van der Waals surface area contributed by atoms with Gasteiger partial charge in [0.25, 0.3) is 5.91 Å². The molecule has 33 heavy (non-hydrogen) atoms. The van der Waals surface area contributed by atoms with Crippen molar-refractivity contribution in [2.45, 2.75) is 6.92 Å². The molecule has 7 heteroatoms. The number of aromatic nitrogens is 1. The molecule has 1 saturated heterocycles. The lowest BCUT2D eigenvalue weighted by atomic mass is 10.1. The van der Waals surface area contributed by atoms with E-state index in [1.165, 1.54) is 35.2 Å². The Labute approximate surface area is 199 Å². The fourth-order valence-corrected chi connectivity index (χ4v) is 5.25. The van der Waals surface area contributed by atoms with Crippen molar-refractivity contribution in [1.29, 1.82) is 0 Å². The number of allylic oxidation sites excluding steroid dienone is 1. The van der Waals surface area contributed by atoms with E-state index >= 15 is 0 Å². The molecule has 0 atom stereocenters. The molecule has 4 aromatic rings. The monoisotopic (exact) mass is 471 g/mol. The number of nitrogens with zero attached hydrogens (tertiary/aromatic N) is 3. The highest BCUT2D eigenvalue weighted by molar-refractivity contribution is 8.19. The first-order valence-corrected chi connectivity index (χ1v) is 11.9. The Morgan fingerprint density at radius 1 is 0.939 bits per heavy atom. The summed E-state index contributed by atoms with van der Waals surface area (Å²) in [5.41, 5.74) is 4.17. The average Bonchev–Trinajstić information content (AvgIpc) is 3.45. The van der Waals surface area contributed by atoms with Gasteiger partial charge < -0.3 is 0 Å². The molecule has 0 spiro atoms. The van der Waals surface area contributed by atoms with Crippen LogP contribution in [0.4, 0.5) is 15.2 Å². The van der Waals surface area contributed by atoms with Gasteiger partial charge in [-0.25, -0.2) is 9.37 Å². The number of rotatable bonds is 4. The molecule has 1 aromatic heterocycles. The molecule has 5 rings (SSSR count). The van der Waals surface area contributed by atoms with Crippen LogP contribution in [-0.4, -0.2) is 16.1 Å². The zero-order valence-electron chi connectivity index (χ0n) is 17.6. The van der Waals surface area contributed by atoms with Gasteiger partial charge in [0, 0.05) is 10.9 Å². The number of hydrogen-bond donors (Lipinski definition) is 0. The van der Waals surface area contributed by atoms with E-state index in [1.807, 2.05) is 73.0 Å². The van der Waals surface area contributed by atoms with Gasteiger partial charge in [-0.3, -0.25) is 9.69 Å². The minimum Gasteiger partial charge on any atom is -0.268 e. The molecule has 0 saturated carbocycles. The highest BCUT2D eigenvalue weighted by Gasteiger charge is 2.36. The molecule has 4 nitrogen and oxygen atoms in total. The number of carbonyl (C=O) groups excluding carboxylic acids is 1. The van der Waals surface area contributed by atoms with Crippen molar-refractivity contribution < 1.29 is 9.18 Å². The van der Waals surface area contributed by atoms with Gasteiger partial charge in [-0.1, -0.05) is 60.7 Å². The van der Waals surface area contributed by atoms with Crippen molar-refractivity contribution >= 4 is 50.6 Å². The number of thioether (sulfide) groups is 1. The maximum atomic E-state index is 13.5. The summed E-state index contributed by atoms with van der Waals surface area (Å²) < 4.78 is 13.4. The lowest BCUT2D eigenvalue weighted by Gasteiger charge is -2.15. The molecule has 0 unspecified atom stereocenters. The van der Waals surface area contributed by atoms with Crippen LogP contribution in [0.3, 0.4) is 0 Å². The summed E-state index contributed by atoms with van der Waals surface area (Å²) in [4.78, 5) is 25.1. The van der Waals surface area contributed by atoms with Crippen LogP contribution >= 0.6 is 23.1 Å². The summed E-state index contributed by atoms with van der Waals surface area (Å²) in [5, 5.41) is 3.08. The van der Waals surface area contributed by atoms with Crippen molar-refractivity contribution in [2.24, 2.45) is 4.99 Å². The largest absolute Gasteiger partial charge is 0.271 e. The Hall–Kier alpha value is -3.55. The Balaban J connectivity index is 1.56. The molecular weight excluding hydrogens is 453 g/mol. The Bertz CT molecular complexity index is 1360. The molecule has 1 aliphatic rings. The van der Waals surface area contributed by atoms with Crippen LogP contribution in [0.15, 0.2) is 100 Å². The first kappa shape index (κ1) is 21.3. The first-order valence-electron chi connectivity index (χ1n) is 10.2. The molecule has 0 N–H and O–H groups in total. The summed E-state index contributed by atoms with van der Waals surface area (Å²) in [6, 6.07) is 25.5. The van der Waals surface area contributed by atoms with Crippen LogP contribution in [0, 0.1) is 5.82 Å². The number of carbonyl (C=O) groups is 1. The summed E-state index contributed by atoms with van der Waals surface area (Å²) in [5.74, 6) is -0.472. The number of anilines is 1. The lowest BCUT2D eigenvalue weighted by Crippen LogP contribution is -2.28. The number of thiazole rings is 1. The summed E-state index contributed by atoms with van der Waals surface area (Å²) in [6.07, 6.45) is 0. The molecular formula is C26H18FN3OS2. The smallest absolute Gasteiger partial charge is 0.268 e.